The zero-order chi connectivity index (χ0) is 83.3. The lowest BCUT2D eigenvalue weighted by Crippen LogP contribution is -2.52. The van der Waals surface area contributed by atoms with Crippen LogP contribution in [0.25, 0.3) is 0 Å². The molecule has 14 aliphatic heterocycles. The smallest absolute Gasteiger partial charge is 0.00838 e. The average molecular weight is 1920 g/mol. The summed E-state index contributed by atoms with van der Waals surface area (Å²) < 4.78 is 0. The number of hydrogen-bond acceptors (Lipinski definition) is 0. The van der Waals surface area contributed by atoms with Gasteiger partial charge in [-0.1, -0.05) is 160 Å². The molecule has 0 amide bonds. The molecular formula is C108H184P14. The van der Waals surface area contributed by atoms with Gasteiger partial charge in [-0.25, -0.2) is 0 Å². The van der Waals surface area contributed by atoms with Crippen LogP contribution in [0, 0.1) is 35.5 Å². The molecule has 0 N–H and O–H groups in total. The van der Waals surface area contributed by atoms with Crippen LogP contribution in [0.2, 0.25) is 0 Å². The second-order valence-corrected chi connectivity index (χ2v) is 84.4. The molecule has 28 atom stereocenters. The third-order valence-electron chi connectivity index (χ3n) is 39.1. The summed E-state index contributed by atoms with van der Waals surface area (Å²) in [5, 5.41) is 5.15. The van der Waals surface area contributed by atoms with Gasteiger partial charge in [0, 0.05) is 0 Å². The predicted molar refractivity (Wildman–Crippen MR) is 582 cm³/mol. The Kier molecular flexibility index (Phi) is 36.9. The van der Waals surface area contributed by atoms with E-state index in [2.05, 4.69) is 114 Å². The van der Waals surface area contributed by atoms with E-state index < -0.39 is 0 Å². The molecule has 2 aromatic rings. The molecule has 14 heterocycles. The average Bonchev–Trinajstić information content (AvgIpc) is 1.27. The zero-order valence-corrected chi connectivity index (χ0v) is 92.5. The first-order chi connectivity index (χ1) is 59.7. The summed E-state index contributed by atoms with van der Waals surface area (Å²) in [5.74, 6) is 7.05. The topological polar surface area (TPSA) is 0 Å². The van der Waals surface area contributed by atoms with Gasteiger partial charge in [-0.05, 0) is 556 Å². The Morgan fingerprint density at radius 3 is 0.721 bits per heavy atom. The van der Waals surface area contributed by atoms with Gasteiger partial charge in [0.05, 0.1) is 0 Å². The molecular weight excluding hydrogens is 1730 g/mol. The molecule has 26 rings (SSSR count). The standard InChI is InChI=1S/C28H44P2.C20H36P2.C20H24P2.C12H24P2.2C10H20P2.C8H16P2/c1-3-25(29(5-1)27-13-19-7-20(14-27)9-21(8-19)15-27)26-4-2-6-30(26)28-16-22-10-23(17-28)12-24(11-22)18-28;2*1-3-9-17(10-4-1)21-15-7-13-19(21)20-14-8-16-22(20)18-11-5-2-6-12-18;1-13-9-5-3-7-11(13)12-8-4-6-10-14(12)2;2*1-11-7-3-5-9(11)10-6-4-8-12(10)2;1-9-5-3-7(9)8-4-6-10(8)2/h19-26H,1-18H2;17-20H,1-16H2;1-6,9-12,19-20H,7-8,13-16H2;11-12H,3-10H2,1-2H3;2*9-10H,3-8H2,1-2H3;7-8H,3-6H2,1-2H3/t19?,20?,21?,22?,23?,24?,25-,26-,27?,28?,29-,30+;19-,20-,21-,22-;19-,20-,21-,22+;11-,12-,13+,14+;2*9-,10-,11+,12+;7-,8-,9+,10+/m1111111/s1. The van der Waals surface area contributed by atoms with Crippen molar-refractivity contribution in [3.8, 4) is 0 Å². The van der Waals surface area contributed by atoms with E-state index in [-0.39, 0.29) is 15.8 Å². The molecule has 0 unspecified atom stereocenters. The highest BCUT2D eigenvalue weighted by molar-refractivity contribution is 7.71. The Morgan fingerprint density at radius 2 is 0.434 bits per heavy atom. The van der Waals surface area contributed by atoms with Crippen molar-refractivity contribution in [1.82, 2.24) is 0 Å². The van der Waals surface area contributed by atoms with Crippen LogP contribution in [0.3, 0.4) is 0 Å². The van der Waals surface area contributed by atoms with Gasteiger partial charge < -0.3 is 0 Å². The van der Waals surface area contributed by atoms with Gasteiger partial charge in [-0.3, -0.25) is 0 Å². The van der Waals surface area contributed by atoms with Crippen LogP contribution in [0.15, 0.2) is 60.7 Å². The normalized spacial score (nSPS) is 47.9. The van der Waals surface area contributed by atoms with E-state index in [4.69, 9.17) is 0 Å². The molecule has 8 bridgehead atoms. The fourth-order valence-electron chi connectivity index (χ4n) is 33.8. The Morgan fingerprint density at radius 1 is 0.197 bits per heavy atom. The molecule has 24 fully saturated rings. The Bertz CT molecular complexity index is 3110. The molecule has 10 aliphatic carbocycles. The molecule has 0 radical (unpaired) electrons. The first kappa shape index (κ1) is 96.7. The minimum Gasteiger partial charge on any atom is -0.106 e. The van der Waals surface area contributed by atoms with Gasteiger partial charge >= 0.3 is 0 Å². The lowest BCUT2D eigenvalue weighted by molar-refractivity contribution is 0.0345. The third-order valence-corrected chi connectivity index (χ3v) is 84.7. The van der Waals surface area contributed by atoms with Crippen LogP contribution < -0.4 is 10.6 Å². The first-order valence-corrected chi connectivity index (χ1v) is 80.1. The molecule has 10 saturated carbocycles. The molecule has 24 aliphatic rings. The minimum atomic E-state index is 0.0845. The number of rotatable bonds is 13. The second kappa shape index (κ2) is 46.5. The van der Waals surface area contributed by atoms with Crippen LogP contribution >= 0.6 is 111 Å². The first-order valence-electron chi connectivity index (χ1n) is 54.0. The van der Waals surface area contributed by atoms with Crippen molar-refractivity contribution in [2.45, 2.75) is 422 Å². The van der Waals surface area contributed by atoms with E-state index >= 15 is 0 Å². The second-order valence-electron chi connectivity index (χ2n) is 46.6. The Balaban J connectivity index is 0.000000101. The summed E-state index contributed by atoms with van der Waals surface area (Å²) in [6.07, 6.45) is 102. The lowest BCUT2D eigenvalue weighted by atomic mass is 9.56. The van der Waals surface area contributed by atoms with Crippen molar-refractivity contribution in [2.24, 2.45) is 35.5 Å². The monoisotopic (exact) mass is 1920 g/mol. The summed E-state index contributed by atoms with van der Waals surface area (Å²) >= 11 is 0. The highest BCUT2D eigenvalue weighted by Crippen LogP contribution is 2.80. The van der Waals surface area contributed by atoms with Crippen LogP contribution in [0.4, 0.5) is 0 Å². The van der Waals surface area contributed by atoms with Crippen LogP contribution in [-0.2, 0) is 0 Å². The summed E-state index contributed by atoms with van der Waals surface area (Å²) in [7, 11) is 5.39. The van der Waals surface area contributed by atoms with Crippen molar-refractivity contribution in [3.63, 3.8) is 0 Å². The summed E-state index contributed by atoms with van der Waals surface area (Å²) in [6.45, 7) is 20.4. The summed E-state index contributed by atoms with van der Waals surface area (Å²) in [4.78, 5) is 0. The molecule has 14 heteroatoms. The Labute approximate surface area is 772 Å². The van der Waals surface area contributed by atoms with E-state index in [0.717, 1.165) is 21.6 Å². The molecule has 2 aromatic carbocycles. The molecule has 122 heavy (non-hydrogen) atoms. The van der Waals surface area contributed by atoms with Gasteiger partial charge in [0.2, 0.25) is 0 Å². The minimum absolute atomic E-state index is 0.0845. The molecule has 0 aromatic heterocycles. The fraction of sp³-hybridized carbons (Fsp3) is 0.889. The fourth-order valence-corrected chi connectivity index (χ4v) is 83.3. The van der Waals surface area contributed by atoms with E-state index in [9.17, 15) is 0 Å². The van der Waals surface area contributed by atoms with E-state index in [0.29, 0.717) is 95.1 Å². The van der Waals surface area contributed by atoms with Crippen LogP contribution in [0.5, 0.6) is 0 Å². The van der Waals surface area contributed by atoms with Gasteiger partial charge in [0.15, 0.2) is 0 Å². The maximum atomic E-state index is 2.58. The largest absolute Gasteiger partial charge is 0.106 e. The van der Waals surface area contributed by atoms with E-state index in [1.54, 1.807) is 354 Å². The quantitative estimate of drug-likeness (QED) is 0.175. The molecule has 0 nitrogen and oxygen atoms in total. The van der Waals surface area contributed by atoms with Gasteiger partial charge in [0.1, 0.15) is 0 Å². The van der Waals surface area contributed by atoms with Crippen molar-refractivity contribution in [3.05, 3.63) is 60.7 Å². The van der Waals surface area contributed by atoms with E-state index in [1.807, 2.05) is 0 Å². The highest BCUT2D eigenvalue weighted by atomic mass is 31.2. The van der Waals surface area contributed by atoms with Crippen molar-refractivity contribution < 1.29 is 0 Å². The van der Waals surface area contributed by atoms with Gasteiger partial charge in [-0.2, -0.15) is 0 Å². The molecule has 0 spiro atoms. The lowest BCUT2D eigenvalue weighted by Gasteiger charge is -2.62. The summed E-state index contributed by atoms with van der Waals surface area (Å²) in [5.41, 5.74) is 19.0. The zero-order valence-electron chi connectivity index (χ0n) is 80.0. The Hall–Kier alpha value is 4.46. The third kappa shape index (κ3) is 23.1. The van der Waals surface area contributed by atoms with Crippen LogP contribution in [0.1, 0.15) is 321 Å². The SMILES string of the molecule is C1CCC([P@@]2CCC[C@@H]2[C@H]2CCC[P@]2C2CCCCC2)CC1.C1C[C@H]([C@H]2CCC[P@]2C23CC4CC(CC(C4)C2)C3)[P@](C23CC4CC(CC(C4)C2)C3)C1.C[P@@]1CCCC[C@@H]1[C@H]1CCCC[P@]1C.C[P@@]1CCC[C@@H]1[C@H]1CCC[P@]1C.C[P@@]1CCC[C@@H]1[C@H]1CCC[P@]1C.C[P@@]1CC[C@@H]1[C@H]1CC[P@]1C.c1ccc([P@@]2CCC[C@@H]2[C@H]2CCC[P@@]2c2ccccc2)cc1. The van der Waals surface area contributed by atoms with E-state index in [1.165, 1.54) is 178 Å². The van der Waals surface area contributed by atoms with Crippen molar-refractivity contribution in [1.29, 1.82) is 0 Å². The predicted octanol–water partition coefficient (Wildman–Crippen LogP) is 34.2. The molecule has 14 saturated heterocycles. The maximum absolute atomic E-state index is 2.58. The van der Waals surface area contributed by atoms with Gasteiger partial charge in [0.25, 0.3) is 0 Å². The summed E-state index contributed by atoms with van der Waals surface area (Å²) in [6, 6.07) is 22.8. The van der Waals surface area contributed by atoms with Crippen molar-refractivity contribution in [2.75, 3.05) is 140 Å². The number of hydrogen-bond donors (Lipinski definition) is 0. The van der Waals surface area contributed by atoms with Gasteiger partial charge in [-0.15, -0.1) is 63.4 Å². The highest BCUT2D eigenvalue weighted by Gasteiger charge is 2.62. The molecule has 686 valence electrons. The van der Waals surface area contributed by atoms with Crippen LogP contribution in [-0.4, -0.2) is 240 Å². The van der Waals surface area contributed by atoms with Crippen molar-refractivity contribution >= 4 is 122 Å². The maximum Gasteiger partial charge on any atom is -0.00838 e. The number of benzene rings is 2.